The van der Waals surface area contributed by atoms with Gasteiger partial charge < -0.3 is 9.88 Å². The molecule has 5 rings (SSSR count). The van der Waals surface area contributed by atoms with Crippen LogP contribution in [-0.4, -0.2) is 33.6 Å². The summed E-state index contributed by atoms with van der Waals surface area (Å²) in [6.07, 6.45) is 3.98. The Balaban J connectivity index is 1.52. The summed E-state index contributed by atoms with van der Waals surface area (Å²) in [5.74, 6) is 0.965. The number of fused-ring (bicyclic) bond motifs is 1. The molecular weight excluding hydrogens is 414 g/mol. The zero-order valence-corrected chi connectivity index (χ0v) is 19.5. The second-order valence-electron chi connectivity index (χ2n) is 8.58. The van der Waals surface area contributed by atoms with Crippen molar-refractivity contribution >= 4 is 28.7 Å². The van der Waals surface area contributed by atoms with Crippen LogP contribution in [0.3, 0.4) is 0 Å². The highest BCUT2D eigenvalue weighted by atomic mass is 32.2. The van der Waals surface area contributed by atoms with Gasteiger partial charge in [-0.05, 0) is 68.3 Å². The van der Waals surface area contributed by atoms with Gasteiger partial charge in [-0.2, -0.15) is 0 Å². The third kappa shape index (κ3) is 3.82. The van der Waals surface area contributed by atoms with Crippen molar-refractivity contribution in [3.63, 3.8) is 0 Å². The predicted octanol–water partition coefficient (Wildman–Crippen LogP) is 6.55. The first-order valence-corrected chi connectivity index (χ1v) is 12.3. The normalized spacial score (nSPS) is 16.1. The van der Waals surface area contributed by atoms with Crippen LogP contribution in [0.2, 0.25) is 0 Å². The Labute approximate surface area is 193 Å². The number of benzene rings is 3. The number of H-pyrrole nitrogens is 1. The fourth-order valence-electron chi connectivity index (χ4n) is 4.64. The van der Waals surface area contributed by atoms with Gasteiger partial charge in [-0.3, -0.25) is 4.79 Å². The van der Waals surface area contributed by atoms with Crippen molar-refractivity contribution in [3.8, 4) is 11.1 Å². The molecule has 4 nitrogen and oxygen atoms in total. The number of hydrogen-bond donors (Lipinski definition) is 1. The Bertz CT molecular complexity index is 1310. The summed E-state index contributed by atoms with van der Waals surface area (Å²) >= 11 is 1.72. The molecule has 1 saturated heterocycles. The first-order valence-electron chi connectivity index (χ1n) is 11.1. The SMILES string of the molecule is CSc1ccc2nc(C3CCCN3C(=O)c3cc(C)ccc3-c3cccc(C)c3)[nH]c2c1. The highest BCUT2D eigenvalue weighted by molar-refractivity contribution is 7.98. The van der Waals surface area contributed by atoms with E-state index in [1.54, 1.807) is 11.8 Å². The van der Waals surface area contributed by atoms with E-state index in [1.807, 2.05) is 17.9 Å². The molecule has 1 unspecified atom stereocenters. The highest BCUT2D eigenvalue weighted by Crippen LogP contribution is 2.35. The molecule has 4 aromatic rings. The quantitative estimate of drug-likeness (QED) is 0.366. The molecule has 1 aliphatic rings. The van der Waals surface area contributed by atoms with Gasteiger partial charge in [-0.15, -0.1) is 11.8 Å². The highest BCUT2D eigenvalue weighted by Gasteiger charge is 2.33. The standard InChI is InChI=1S/C27H27N3OS/c1-17-6-4-7-19(14-17)21-11-9-18(2)15-22(21)27(31)30-13-5-8-25(30)26-28-23-12-10-20(32-3)16-24(23)29-26/h4,6-7,9-12,14-16,25H,5,8,13H2,1-3H3,(H,28,29). The molecular formula is C27H27N3OS. The largest absolute Gasteiger partial charge is 0.340 e. The minimum Gasteiger partial charge on any atom is -0.340 e. The summed E-state index contributed by atoms with van der Waals surface area (Å²) in [5, 5.41) is 0. The van der Waals surface area contributed by atoms with Gasteiger partial charge in [0.15, 0.2) is 0 Å². The number of nitrogens with zero attached hydrogens (tertiary/aromatic N) is 2. The van der Waals surface area contributed by atoms with Crippen LogP contribution in [0.5, 0.6) is 0 Å². The van der Waals surface area contributed by atoms with Crippen LogP contribution < -0.4 is 0 Å². The van der Waals surface area contributed by atoms with Gasteiger partial charge in [0.25, 0.3) is 5.91 Å². The van der Waals surface area contributed by atoms with E-state index < -0.39 is 0 Å². The molecule has 1 aliphatic heterocycles. The van der Waals surface area contributed by atoms with Gasteiger partial charge in [0, 0.05) is 17.0 Å². The summed E-state index contributed by atoms with van der Waals surface area (Å²) in [4.78, 5) is 25.4. The van der Waals surface area contributed by atoms with E-state index >= 15 is 0 Å². The minimum absolute atomic E-state index is 0.0292. The average Bonchev–Trinajstić information content (AvgIpc) is 3.44. The monoisotopic (exact) mass is 441 g/mol. The van der Waals surface area contributed by atoms with Gasteiger partial charge in [-0.1, -0.05) is 47.5 Å². The first-order chi connectivity index (χ1) is 15.5. The topological polar surface area (TPSA) is 49.0 Å². The molecule has 0 spiro atoms. The summed E-state index contributed by atoms with van der Waals surface area (Å²) in [5.41, 5.74) is 7.10. The molecule has 2 heterocycles. The van der Waals surface area contributed by atoms with Gasteiger partial charge in [0.2, 0.25) is 0 Å². The number of aromatic nitrogens is 2. The molecule has 32 heavy (non-hydrogen) atoms. The maximum Gasteiger partial charge on any atom is 0.255 e. The summed E-state index contributed by atoms with van der Waals surface area (Å²) in [6.45, 7) is 4.87. The molecule has 1 fully saturated rings. The molecule has 162 valence electrons. The third-order valence-corrected chi connectivity index (χ3v) is 7.00. The van der Waals surface area contributed by atoms with E-state index in [0.29, 0.717) is 0 Å². The lowest BCUT2D eigenvalue weighted by atomic mass is 9.95. The molecule has 1 atom stereocenters. The molecule has 0 radical (unpaired) electrons. The second-order valence-corrected chi connectivity index (χ2v) is 9.46. The fourth-order valence-corrected chi connectivity index (χ4v) is 5.08. The van der Waals surface area contributed by atoms with E-state index in [0.717, 1.165) is 58.5 Å². The Morgan fingerprint density at radius 1 is 1.06 bits per heavy atom. The summed E-state index contributed by atoms with van der Waals surface area (Å²) < 4.78 is 0. The zero-order chi connectivity index (χ0) is 22.2. The molecule has 0 bridgehead atoms. The first kappa shape index (κ1) is 20.8. The third-order valence-electron chi connectivity index (χ3n) is 6.27. The van der Waals surface area contributed by atoms with Crippen LogP contribution in [0.1, 0.15) is 46.2 Å². The summed E-state index contributed by atoms with van der Waals surface area (Å²) in [7, 11) is 0. The maximum atomic E-state index is 13.9. The van der Waals surface area contributed by atoms with Crippen LogP contribution in [-0.2, 0) is 0 Å². The van der Waals surface area contributed by atoms with E-state index in [4.69, 9.17) is 4.98 Å². The molecule has 3 aromatic carbocycles. The van der Waals surface area contributed by atoms with Crippen molar-refractivity contribution in [2.75, 3.05) is 12.8 Å². The number of rotatable bonds is 4. The van der Waals surface area contributed by atoms with Crippen molar-refractivity contribution < 1.29 is 4.79 Å². The number of thioether (sulfide) groups is 1. The van der Waals surface area contributed by atoms with Crippen molar-refractivity contribution in [2.45, 2.75) is 37.6 Å². The lowest BCUT2D eigenvalue weighted by Crippen LogP contribution is -2.31. The number of likely N-dealkylation sites (tertiary alicyclic amines) is 1. The Morgan fingerprint density at radius 3 is 2.72 bits per heavy atom. The average molecular weight is 442 g/mol. The molecule has 1 N–H and O–H groups in total. The van der Waals surface area contributed by atoms with Gasteiger partial charge in [-0.25, -0.2) is 4.98 Å². The van der Waals surface area contributed by atoms with E-state index in [2.05, 4.69) is 72.8 Å². The summed E-state index contributed by atoms with van der Waals surface area (Å²) in [6, 6.07) is 20.8. The smallest absolute Gasteiger partial charge is 0.255 e. The Hall–Kier alpha value is -3.05. The molecule has 1 aromatic heterocycles. The van der Waals surface area contributed by atoms with Crippen molar-refractivity contribution in [3.05, 3.63) is 83.2 Å². The van der Waals surface area contributed by atoms with E-state index in [-0.39, 0.29) is 11.9 Å². The maximum absolute atomic E-state index is 13.9. The zero-order valence-electron chi connectivity index (χ0n) is 18.7. The number of amides is 1. The second kappa shape index (κ2) is 8.47. The van der Waals surface area contributed by atoms with Crippen LogP contribution >= 0.6 is 11.8 Å². The van der Waals surface area contributed by atoms with Crippen molar-refractivity contribution in [1.29, 1.82) is 0 Å². The number of nitrogens with one attached hydrogen (secondary N) is 1. The fraction of sp³-hybridized carbons (Fsp3) is 0.259. The number of hydrogen-bond acceptors (Lipinski definition) is 3. The lowest BCUT2D eigenvalue weighted by Gasteiger charge is -2.25. The lowest BCUT2D eigenvalue weighted by molar-refractivity contribution is 0.0731. The minimum atomic E-state index is -0.0292. The van der Waals surface area contributed by atoms with Crippen LogP contribution in [0, 0.1) is 13.8 Å². The Morgan fingerprint density at radius 2 is 1.91 bits per heavy atom. The van der Waals surface area contributed by atoms with Gasteiger partial charge >= 0.3 is 0 Å². The molecule has 0 saturated carbocycles. The van der Waals surface area contributed by atoms with Gasteiger partial charge in [0.1, 0.15) is 5.82 Å². The van der Waals surface area contributed by atoms with Crippen LogP contribution in [0.25, 0.3) is 22.2 Å². The number of carbonyl (C=O) groups is 1. The number of aromatic amines is 1. The molecule has 0 aliphatic carbocycles. The molecule has 1 amide bonds. The van der Waals surface area contributed by atoms with Gasteiger partial charge in [0.05, 0.1) is 17.1 Å². The Kier molecular flexibility index (Phi) is 5.51. The van der Waals surface area contributed by atoms with Crippen LogP contribution in [0.4, 0.5) is 0 Å². The van der Waals surface area contributed by atoms with Crippen molar-refractivity contribution in [2.24, 2.45) is 0 Å². The molecule has 5 heteroatoms. The predicted molar refractivity (Wildman–Crippen MR) is 132 cm³/mol. The van der Waals surface area contributed by atoms with E-state index in [1.165, 1.54) is 10.5 Å². The number of aryl methyl sites for hydroxylation is 2. The van der Waals surface area contributed by atoms with Crippen LogP contribution in [0.15, 0.2) is 65.6 Å². The number of imidazole rings is 1. The van der Waals surface area contributed by atoms with Crippen molar-refractivity contribution in [1.82, 2.24) is 14.9 Å². The van der Waals surface area contributed by atoms with E-state index in [9.17, 15) is 4.79 Å². The number of carbonyl (C=O) groups excluding carboxylic acids is 1.